The van der Waals surface area contributed by atoms with Gasteiger partial charge < -0.3 is 47.7 Å². The van der Waals surface area contributed by atoms with Crippen molar-refractivity contribution in [3.63, 3.8) is 0 Å². The molecule has 91 heavy (non-hydrogen) atoms. The first-order valence-corrected chi connectivity index (χ1v) is 31.6. The molecule has 0 saturated carbocycles. The van der Waals surface area contributed by atoms with Crippen molar-refractivity contribution in [2.24, 2.45) is 9.98 Å². The molecule has 2 aromatic carbocycles. The number of aromatic nitrogens is 12. The number of aliphatic imine (C=N–C) groups is 2. The van der Waals surface area contributed by atoms with Crippen LogP contribution in [0.25, 0.3) is 0 Å². The molecule has 0 fully saturated rings. The van der Waals surface area contributed by atoms with Gasteiger partial charge in [0.1, 0.15) is 6.04 Å². The first kappa shape index (κ1) is 79.2. The Morgan fingerprint density at radius 3 is 0.901 bits per heavy atom. The van der Waals surface area contributed by atoms with E-state index < -0.39 is 26.2 Å². The molecule has 1 atom stereocenters. The maximum Gasteiger partial charge on any atom is 3.00 e. The maximum atomic E-state index is 13.2. The number of aryl methyl sites for hydroxylation is 12. The largest absolute Gasteiger partial charge is 3.00 e. The van der Waals surface area contributed by atoms with Crippen LogP contribution < -0.4 is 15.3 Å². The van der Waals surface area contributed by atoms with Gasteiger partial charge in [-0.2, -0.15) is 0 Å². The molecule has 8 rings (SSSR count). The van der Waals surface area contributed by atoms with Crippen LogP contribution in [0.4, 0.5) is 0 Å². The molecular formula is C69H103B2LaN14NiO4-2. The minimum absolute atomic E-state index is 0. The summed E-state index contributed by atoms with van der Waals surface area (Å²) in [6.07, 6.45) is 8.28. The molecule has 0 aliphatic carbocycles. The van der Waals surface area contributed by atoms with Gasteiger partial charge in [0.25, 0.3) is 0 Å². The van der Waals surface area contributed by atoms with Gasteiger partial charge in [-0.05, 0) is 209 Å². The summed E-state index contributed by atoms with van der Waals surface area (Å²) in [5, 5.41) is 66.5. The molecule has 494 valence electrons. The van der Waals surface area contributed by atoms with Gasteiger partial charge in [-0.25, -0.2) is 30.6 Å². The predicted octanol–water partition coefficient (Wildman–Crippen LogP) is 10.8. The number of carboxylic acids is 1. The molecule has 0 aliphatic heterocycles. The second-order valence-corrected chi connectivity index (χ2v) is 28.6. The van der Waals surface area contributed by atoms with Crippen LogP contribution >= 0.6 is 0 Å². The molecule has 6 heterocycles. The number of unbranched alkanes of at least 4 members (excludes halogenated alkanes) is 3. The van der Waals surface area contributed by atoms with E-state index in [1.165, 1.54) is 38.1 Å². The minimum Gasteiger partial charge on any atom is -0.872 e. The predicted molar refractivity (Wildman–Crippen MR) is 362 cm³/mol. The number of rotatable bonds is 15. The molecule has 0 unspecified atom stereocenters. The molecule has 0 saturated heterocycles. The Balaban J connectivity index is 0.000000354. The molecule has 0 spiro atoms. The summed E-state index contributed by atoms with van der Waals surface area (Å²) < 4.78 is 12.4. The van der Waals surface area contributed by atoms with Crippen molar-refractivity contribution in [3.8, 4) is 11.5 Å². The summed E-state index contributed by atoms with van der Waals surface area (Å²) in [5.74, 6) is -1.71. The van der Waals surface area contributed by atoms with E-state index >= 15 is 0 Å². The topological polar surface area (TPSA) is 218 Å². The fourth-order valence-electron chi connectivity index (χ4n) is 11.1. The van der Waals surface area contributed by atoms with E-state index in [0.29, 0.717) is 22.3 Å². The zero-order valence-corrected chi connectivity index (χ0v) is 64.4. The monoisotopic (exact) mass is 1410 g/mol. The van der Waals surface area contributed by atoms with Crippen molar-refractivity contribution in [2.45, 2.75) is 233 Å². The quantitative estimate of drug-likeness (QED) is 0.0537. The molecule has 6 aromatic heterocycles. The number of hydrogen-bond donors (Lipinski definition) is 0. The van der Waals surface area contributed by atoms with Gasteiger partial charge in [0.15, 0.2) is 0 Å². The molecule has 18 nitrogen and oxygen atoms in total. The van der Waals surface area contributed by atoms with Crippen LogP contribution in [0.2, 0.25) is 0 Å². The standard InChI is InChI=1S/C33H48N2O4.2C15H22BN6.C6H14.La.Ni/c1-30(2,3)22-13-20(27(36)24(15-22)32(7,8)9)17-34-19-26(29(38)39)35-18-21-14-23(31(4,5)6)16-25(28(21)37)33(10,11)12;2*1-10-7-13(4)20(17-10)16(21-14(5)8-11(2)18-21)22-15(6)9-12(3)19-22;1-3-5-6-4-2;;/h13-18,26,36-37H,19H2,1-12H3,(H,38,39);2*7-9,16H,1-6H3;3-6H2,1-2H3;;/q;2*-1;;;+3/p-3/t26-;;;;;/m0...../s1. The summed E-state index contributed by atoms with van der Waals surface area (Å²) >= 11 is 0. The third kappa shape index (κ3) is 21.0. The van der Waals surface area contributed by atoms with Crippen LogP contribution in [0.1, 0.15) is 224 Å². The first-order chi connectivity index (χ1) is 41.2. The van der Waals surface area contributed by atoms with Crippen LogP contribution in [0.15, 0.2) is 70.6 Å². The zero-order chi connectivity index (χ0) is 67.0. The second-order valence-electron chi connectivity index (χ2n) is 28.6. The first-order valence-electron chi connectivity index (χ1n) is 31.6. The third-order valence-electron chi connectivity index (χ3n) is 15.9. The average Bonchev–Trinajstić information content (AvgIpc) is 1.80. The molecular weight excluding hydrogens is 1310 g/mol. The molecule has 0 N–H and O–H groups in total. The normalized spacial score (nSPS) is 12.4. The van der Waals surface area contributed by atoms with E-state index in [2.05, 4.69) is 171 Å². The third-order valence-corrected chi connectivity index (χ3v) is 15.9. The minimum atomic E-state index is -1.40. The van der Waals surface area contributed by atoms with Crippen molar-refractivity contribution in [2.75, 3.05) is 6.54 Å². The maximum absolute atomic E-state index is 13.2. The number of hydrogen-bond acceptors (Lipinski definition) is 12. The summed E-state index contributed by atoms with van der Waals surface area (Å²) in [4.78, 5) is 20.4. The summed E-state index contributed by atoms with van der Waals surface area (Å²) in [7, 11) is -2.52. The Morgan fingerprint density at radius 1 is 0.451 bits per heavy atom. The molecule has 0 bridgehead atoms. The Kier molecular flexibility index (Phi) is 28.4. The van der Waals surface area contributed by atoms with Gasteiger partial charge in [0.05, 0.1) is 46.7 Å². The van der Waals surface area contributed by atoms with Crippen LogP contribution in [-0.4, -0.2) is 103 Å². The summed E-state index contributed by atoms with van der Waals surface area (Å²) in [5.41, 5.74) is 15.7. The average molecular weight is 1410 g/mol. The number of carbonyl (C=O) groups is 1. The van der Waals surface area contributed by atoms with Crippen LogP contribution in [0.5, 0.6) is 11.5 Å². The van der Waals surface area contributed by atoms with E-state index in [4.69, 9.17) is 30.6 Å². The smallest absolute Gasteiger partial charge is 0.872 e. The van der Waals surface area contributed by atoms with Crippen molar-refractivity contribution in [1.82, 2.24) is 58.1 Å². The van der Waals surface area contributed by atoms with Gasteiger partial charge in [-0.15, -0.1) is 0 Å². The van der Waals surface area contributed by atoms with Crippen molar-refractivity contribution in [3.05, 3.63) is 162 Å². The zero-order valence-electron chi connectivity index (χ0n) is 59.7. The molecule has 8 aromatic rings. The van der Waals surface area contributed by atoms with Crippen LogP contribution in [-0.2, 0) is 42.9 Å². The van der Waals surface area contributed by atoms with Gasteiger partial charge in [-0.1, -0.05) is 158 Å². The van der Waals surface area contributed by atoms with E-state index in [9.17, 15) is 20.1 Å². The van der Waals surface area contributed by atoms with Gasteiger partial charge in [-0.3, -0.25) is 9.98 Å². The van der Waals surface area contributed by atoms with Gasteiger partial charge in [0, 0.05) is 48.0 Å². The van der Waals surface area contributed by atoms with E-state index in [1.54, 1.807) is 6.07 Å². The van der Waals surface area contributed by atoms with Gasteiger partial charge >= 0.3 is 30.7 Å². The number of benzene rings is 2. The number of aliphatic carboxylic acids is 1. The van der Waals surface area contributed by atoms with E-state index in [0.717, 1.165) is 79.5 Å². The molecule has 0 aliphatic rings. The fraction of sp³-hybridized carbons (Fsp3) is 0.522. The Bertz CT molecular complexity index is 3400. The number of carbonyl (C=O) groups excluding carboxylic acids is 1. The van der Waals surface area contributed by atoms with Crippen molar-refractivity contribution >= 4 is 32.6 Å². The number of nitrogens with zero attached hydrogens (tertiary/aromatic N) is 14. The van der Waals surface area contributed by atoms with Crippen LogP contribution in [0.3, 0.4) is 0 Å². The Hall–Kier alpha value is -6.07. The Labute approximate surface area is 582 Å². The fourth-order valence-corrected chi connectivity index (χ4v) is 11.1. The van der Waals surface area contributed by atoms with Gasteiger partial charge in [0.2, 0.25) is 0 Å². The number of carboxylic acid groups (broad SMARTS) is 1. The summed E-state index contributed by atoms with van der Waals surface area (Å²) in [6, 6.07) is 18.7. The summed E-state index contributed by atoms with van der Waals surface area (Å²) in [6.45, 7) is 53.1. The van der Waals surface area contributed by atoms with Crippen LogP contribution in [0, 0.1) is 119 Å². The van der Waals surface area contributed by atoms with E-state index in [-0.39, 0.29) is 91.8 Å². The van der Waals surface area contributed by atoms with Crippen molar-refractivity contribution < 1.29 is 72.2 Å². The van der Waals surface area contributed by atoms with E-state index in [1.807, 2.05) is 101 Å². The molecule has 0 amide bonds. The molecule has 22 heteroatoms. The molecule has 2 radical (unpaired) electrons. The van der Waals surface area contributed by atoms with Crippen molar-refractivity contribution in [1.29, 1.82) is 0 Å². The Morgan fingerprint density at radius 2 is 0.703 bits per heavy atom. The second kappa shape index (κ2) is 32.7. The SMILES string of the molecule is CC(C)(C)c1cc(C=NC[C@H](N=Cc2cc(C(C)(C)C)cc(C(C)(C)C)c2[O-])C(=O)[O-])c([O-])c(C(C)(C)C)c1.CCCCCC.Cc1cc(C)n([BH-](n2nc(C)cc2C)n2nc(C)cc2C)n1.Cc1cc(C)n([BH-](n2nc(C)cc2C)n2nc(C)cc2C)n1.[La].[Ni+3].